The van der Waals surface area contributed by atoms with E-state index in [4.69, 9.17) is 0 Å². The molecule has 3 aromatic rings. The highest BCUT2D eigenvalue weighted by Crippen LogP contribution is 2.42. The van der Waals surface area contributed by atoms with Crippen molar-refractivity contribution in [1.82, 2.24) is 14.8 Å². The second-order valence-electron chi connectivity index (χ2n) is 8.68. The van der Waals surface area contributed by atoms with Gasteiger partial charge in [-0.2, -0.15) is 0 Å². The second kappa shape index (κ2) is 7.52. The number of aromatic nitrogens is 1. The van der Waals surface area contributed by atoms with Crippen LogP contribution in [0, 0.1) is 0 Å². The molecule has 2 bridgehead atoms. The average Bonchev–Trinajstić information content (AvgIpc) is 3.20. The van der Waals surface area contributed by atoms with Crippen LogP contribution in [0.3, 0.4) is 0 Å². The fraction of sp³-hybridized carbons (Fsp3) is 0.417. The molecule has 0 saturated carbocycles. The Morgan fingerprint density at radius 2 is 1.77 bits per heavy atom. The van der Waals surface area contributed by atoms with Crippen LogP contribution in [0.1, 0.15) is 43.1 Å². The van der Waals surface area contributed by atoms with E-state index in [1.807, 2.05) is 38.4 Å². The fourth-order valence-corrected chi connectivity index (χ4v) is 6.31. The third kappa shape index (κ3) is 3.27. The number of sulfone groups is 1. The monoisotopic (exact) mass is 425 g/mol. The van der Waals surface area contributed by atoms with Crippen molar-refractivity contribution in [2.45, 2.75) is 55.1 Å². The van der Waals surface area contributed by atoms with E-state index in [2.05, 4.69) is 21.8 Å². The predicted molar refractivity (Wildman–Crippen MR) is 122 cm³/mol. The molecule has 2 unspecified atom stereocenters. The maximum atomic E-state index is 13.3. The summed E-state index contributed by atoms with van der Waals surface area (Å²) in [5.41, 5.74) is 4.87. The number of hydrogen-bond donors (Lipinski definition) is 1. The third-order valence-electron chi connectivity index (χ3n) is 6.41. The molecule has 5 rings (SSSR count). The van der Waals surface area contributed by atoms with E-state index in [9.17, 15) is 8.42 Å². The van der Waals surface area contributed by atoms with Crippen LogP contribution in [-0.4, -0.2) is 38.0 Å². The maximum absolute atomic E-state index is 13.3. The molecule has 160 valence electrons. The third-order valence-corrected chi connectivity index (χ3v) is 8.17. The number of benzene rings is 2. The molecule has 1 fully saturated rings. The van der Waals surface area contributed by atoms with Crippen LogP contribution in [0.15, 0.2) is 52.3 Å². The molecule has 1 saturated heterocycles. The molecule has 6 heteroatoms. The summed E-state index contributed by atoms with van der Waals surface area (Å²) in [4.78, 5) is 2.79. The van der Waals surface area contributed by atoms with Gasteiger partial charge in [-0.15, -0.1) is 0 Å². The Morgan fingerprint density at radius 1 is 1.07 bits per heavy atom. The predicted octanol–water partition coefficient (Wildman–Crippen LogP) is 4.06. The van der Waals surface area contributed by atoms with Gasteiger partial charge in [0.15, 0.2) is 0 Å². The molecule has 0 radical (unpaired) electrons. The first-order valence-corrected chi connectivity index (χ1v) is 11.7. The van der Waals surface area contributed by atoms with Gasteiger partial charge < -0.3 is 14.8 Å². The molecule has 1 N–H and O–H groups in total. The average molecular weight is 426 g/mol. The van der Waals surface area contributed by atoms with Gasteiger partial charge in [-0.3, -0.25) is 0 Å². The molecule has 0 aliphatic carbocycles. The lowest BCUT2D eigenvalue weighted by Gasteiger charge is -2.23. The molecular formula is C24H31N3O2S. The molecule has 2 aliphatic rings. The van der Waals surface area contributed by atoms with E-state index in [-0.39, 0.29) is 7.43 Å². The Morgan fingerprint density at radius 3 is 2.47 bits per heavy atom. The molecule has 0 amide bonds. The quantitative estimate of drug-likeness (QED) is 0.685. The summed E-state index contributed by atoms with van der Waals surface area (Å²) < 4.78 is 28.9. The van der Waals surface area contributed by atoms with E-state index in [1.54, 1.807) is 18.2 Å². The standard InChI is InChI=1S/C23H27N3O2S.CH4/c1-25(2)14-15-4-7-17(8-5-15)29(27,28)18-9-11-21-19(13-18)23-20-10-6-16(24-20)12-22(23)26(21)3;/h4-5,7-9,11,13,16,20,24H,6,10,12,14H2,1-3H3;1H4. The summed E-state index contributed by atoms with van der Waals surface area (Å²) in [6.07, 6.45) is 3.34. The molecule has 30 heavy (non-hydrogen) atoms. The molecule has 5 nitrogen and oxygen atoms in total. The molecule has 2 atom stereocenters. The minimum atomic E-state index is -3.55. The topological polar surface area (TPSA) is 54.3 Å². The smallest absolute Gasteiger partial charge is 0.206 e. The van der Waals surface area contributed by atoms with Gasteiger partial charge in [-0.1, -0.05) is 19.6 Å². The van der Waals surface area contributed by atoms with Crippen LogP contribution < -0.4 is 5.32 Å². The molecule has 2 aliphatic heterocycles. The van der Waals surface area contributed by atoms with Crippen molar-refractivity contribution in [2.24, 2.45) is 7.05 Å². The summed E-state index contributed by atoms with van der Waals surface area (Å²) >= 11 is 0. The Bertz CT molecular complexity index is 1190. The molecular weight excluding hydrogens is 394 g/mol. The first-order valence-electron chi connectivity index (χ1n) is 10.2. The van der Waals surface area contributed by atoms with E-state index in [0.29, 0.717) is 21.9 Å². The van der Waals surface area contributed by atoms with Gasteiger partial charge in [0.25, 0.3) is 0 Å². The Kier molecular flexibility index (Phi) is 5.29. The second-order valence-corrected chi connectivity index (χ2v) is 10.6. The van der Waals surface area contributed by atoms with Crippen LogP contribution in [-0.2, 0) is 29.9 Å². The molecule has 0 spiro atoms. The van der Waals surface area contributed by atoms with Crippen LogP contribution >= 0.6 is 0 Å². The summed E-state index contributed by atoms with van der Waals surface area (Å²) in [5.74, 6) is 0. The first-order chi connectivity index (χ1) is 13.8. The largest absolute Gasteiger partial charge is 0.347 e. The van der Waals surface area contributed by atoms with Crippen LogP contribution in [0.25, 0.3) is 10.9 Å². The Labute approximate surface area is 179 Å². The van der Waals surface area contributed by atoms with Crippen molar-refractivity contribution in [3.63, 3.8) is 0 Å². The van der Waals surface area contributed by atoms with Crippen molar-refractivity contribution >= 4 is 20.7 Å². The highest BCUT2D eigenvalue weighted by molar-refractivity contribution is 7.91. The van der Waals surface area contributed by atoms with E-state index in [1.165, 1.54) is 17.7 Å². The molecule has 2 aromatic carbocycles. The van der Waals surface area contributed by atoms with E-state index < -0.39 is 9.84 Å². The van der Waals surface area contributed by atoms with Crippen molar-refractivity contribution < 1.29 is 8.42 Å². The summed E-state index contributed by atoms with van der Waals surface area (Å²) in [6.45, 7) is 0.790. The number of nitrogens with one attached hydrogen (secondary N) is 1. The van der Waals surface area contributed by atoms with Crippen molar-refractivity contribution in [2.75, 3.05) is 14.1 Å². The van der Waals surface area contributed by atoms with E-state index in [0.717, 1.165) is 35.9 Å². The summed E-state index contributed by atoms with van der Waals surface area (Å²) in [6, 6.07) is 13.8. The first kappa shape index (κ1) is 21.1. The lowest BCUT2D eigenvalue weighted by Crippen LogP contribution is -2.32. The van der Waals surface area contributed by atoms with Crippen molar-refractivity contribution in [1.29, 1.82) is 0 Å². The lowest BCUT2D eigenvalue weighted by molar-refractivity contribution is 0.402. The number of fused-ring (bicyclic) bond motifs is 6. The zero-order valence-electron chi connectivity index (χ0n) is 17.1. The van der Waals surface area contributed by atoms with Gasteiger partial charge in [0.05, 0.1) is 9.79 Å². The number of nitrogens with zero attached hydrogens (tertiary/aromatic N) is 2. The Hall–Kier alpha value is -2.15. The highest BCUT2D eigenvalue weighted by Gasteiger charge is 2.36. The van der Waals surface area contributed by atoms with Crippen LogP contribution in [0.5, 0.6) is 0 Å². The zero-order valence-corrected chi connectivity index (χ0v) is 18.0. The molecule has 3 heterocycles. The number of rotatable bonds is 4. The van der Waals surface area contributed by atoms with Gasteiger partial charge in [-0.05, 0) is 68.4 Å². The minimum Gasteiger partial charge on any atom is -0.347 e. The zero-order chi connectivity index (χ0) is 20.3. The van der Waals surface area contributed by atoms with Crippen molar-refractivity contribution in [3.8, 4) is 0 Å². The number of hydrogen-bond acceptors (Lipinski definition) is 4. The Balaban J connectivity index is 0.00000218. The van der Waals surface area contributed by atoms with E-state index >= 15 is 0 Å². The number of aryl methyl sites for hydroxylation is 1. The minimum absolute atomic E-state index is 0. The summed E-state index contributed by atoms with van der Waals surface area (Å²) in [5, 5.41) is 4.77. The van der Waals surface area contributed by atoms with Crippen molar-refractivity contribution in [3.05, 3.63) is 59.3 Å². The lowest BCUT2D eigenvalue weighted by atomic mass is 9.99. The van der Waals surface area contributed by atoms with Gasteiger partial charge in [0.1, 0.15) is 0 Å². The fourth-order valence-electron chi connectivity index (χ4n) is 5.02. The van der Waals surface area contributed by atoms with Gasteiger partial charge in [-0.25, -0.2) is 8.42 Å². The van der Waals surface area contributed by atoms with Crippen LogP contribution in [0.2, 0.25) is 0 Å². The SMILES string of the molecule is C.CN(C)Cc1ccc(S(=O)(=O)c2ccc3c(c2)c2c(n3C)CC3CCC2N3)cc1. The molecule has 1 aromatic heterocycles. The van der Waals surface area contributed by atoms with Gasteiger partial charge in [0, 0.05) is 48.7 Å². The van der Waals surface area contributed by atoms with Gasteiger partial charge >= 0.3 is 0 Å². The highest BCUT2D eigenvalue weighted by atomic mass is 32.2. The summed E-state index contributed by atoms with van der Waals surface area (Å²) in [7, 11) is 2.55. The maximum Gasteiger partial charge on any atom is 0.206 e. The normalized spacial score (nSPS) is 20.4. The van der Waals surface area contributed by atoms with Gasteiger partial charge in [0.2, 0.25) is 9.84 Å². The van der Waals surface area contributed by atoms with Crippen LogP contribution in [0.4, 0.5) is 0 Å².